The maximum absolute atomic E-state index is 13.2. The molecule has 0 spiro atoms. The molecule has 37 heavy (non-hydrogen) atoms. The lowest BCUT2D eigenvalue weighted by Gasteiger charge is -2.25. The van der Waals surface area contributed by atoms with Crippen LogP contribution in [0.1, 0.15) is 59.2 Å². The third-order valence-corrected chi connectivity index (χ3v) is 7.23. The van der Waals surface area contributed by atoms with Crippen molar-refractivity contribution >= 4 is 40.4 Å². The molecule has 198 valence electrons. The Morgan fingerprint density at radius 2 is 1.62 bits per heavy atom. The van der Waals surface area contributed by atoms with Crippen molar-refractivity contribution in [3.05, 3.63) is 57.5 Å². The van der Waals surface area contributed by atoms with Crippen molar-refractivity contribution in [2.75, 3.05) is 13.2 Å². The average Bonchev–Trinajstić information content (AvgIpc) is 3.56. The van der Waals surface area contributed by atoms with E-state index in [0.717, 1.165) is 5.56 Å². The van der Waals surface area contributed by atoms with Crippen LogP contribution in [-0.2, 0) is 4.79 Å². The van der Waals surface area contributed by atoms with Gasteiger partial charge in [0.25, 0.3) is 11.8 Å². The van der Waals surface area contributed by atoms with Gasteiger partial charge in [0.05, 0.1) is 12.1 Å². The Hall–Kier alpha value is -3.19. The van der Waals surface area contributed by atoms with Gasteiger partial charge in [-0.05, 0) is 19.3 Å². The van der Waals surface area contributed by atoms with Gasteiger partial charge in [-0.25, -0.2) is 9.97 Å². The zero-order chi connectivity index (χ0) is 26.9. The number of benzene rings is 1. The molecular formula is C25H31N5O5S2. The topological polar surface area (TPSA) is 154 Å². The number of aromatic nitrogens is 2. The molecule has 0 saturated carbocycles. The van der Waals surface area contributed by atoms with Crippen molar-refractivity contribution in [2.24, 2.45) is 5.92 Å². The fourth-order valence-corrected chi connectivity index (χ4v) is 5.20. The predicted molar refractivity (Wildman–Crippen MR) is 142 cm³/mol. The van der Waals surface area contributed by atoms with E-state index in [1.165, 1.54) is 29.6 Å². The van der Waals surface area contributed by atoms with Crippen LogP contribution in [-0.4, -0.2) is 63.2 Å². The Morgan fingerprint density at radius 1 is 0.946 bits per heavy atom. The second-order valence-electron chi connectivity index (χ2n) is 8.73. The van der Waals surface area contributed by atoms with Crippen LogP contribution in [0.25, 0.3) is 10.6 Å². The zero-order valence-electron chi connectivity index (χ0n) is 20.8. The number of aliphatic hydroxyl groups excluding tert-OH is 2. The number of nitrogens with zero attached hydrogens (tertiary/aromatic N) is 2. The molecule has 0 radical (unpaired) electrons. The molecule has 0 aliphatic rings. The highest BCUT2D eigenvalue weighted by molar-refractivity contribution is 7.13. The number of thiazole rings is 2. The minimum absolute atomic E-state index is 0.0261. The van der Waals surface area contributed by atoms with Crippen LogP contribution >= 0.6 is 22.7 Å². The van der Waals surface area contributed by atoms with E-state index in [1.807, 2.05) is 44.2 Å². The number of amides is 3. The van der Waals surface area contributed by atoms with E-state index in [2.05, 4.69) is 25.9 Å². The fourth-order valence-electron chi connectivity index (χ4n) is 3.37. The van der Waals surface area contributed by atoms with Gasteiger partial charge >= 0.3 is 0 Å². The quantitative estimate of drug-likeness (QED) is 0.219. The molecule has 0 saturated heterocycles. The molecule has 0 bridgehead atoms. The van der Waals surface area contributed by atoms with Crippen LogP contribution in [0.15, 0.2) is 41.1 Å². The van der Waals surface area contributed by atoms with Gasteiger partial charge in [-0.1, -0.05) is 44.2 Å². The Labute approximate surface area is 223 Å². The highest BCUT2D eigenvalue weighted by atomic mass is 32.1. The summed E-state index contributed by atoms with van der Waals surface area (Å²) in [5.41, 5.74) is 1.25. The summed E-state index contributed by atoms with van der Waals surface area (Å²) in [5.74, 6) is -1.60. The summed E-state index contributed by atoms with van der Waals surface area (Å²) in [7, 11) is 0. The molecule has 0 aliphatic heterocycles. The van der Waals surface area contributed by atoms with Crippen LogP contribution in [0.3, 0.4) is 0 Å². The summed E-state index contributed by atoms with van der Waals surface area (Å²) in [5, 5.41) is 31.7. The van der Waals surface area contributed by atoms with E-state index in [9.17, 15) is 19.5 Å². The molecule has 2 heterocycles. The lowest BCUT2D eigenvalue weighted by atomic mass is 10.0. The molecule has 3 aromatic rings. The lowest BCUT2D eigenvalue weighted by molar-refractivity contribution is -0.126. The van der Waals surface area contributed by atoms with Crippen molar-refractivity contribution < 1.29 is 24.6 Å². The molecular weight excluding hydrogens is 514 g/mol. The normalized spacial score (nSPS) is 13.6. The largest absolute Gasteiger partial charge is 0.396 e. The highest BCUT2D eigenvalue weighted by Crippen LogP contribution is 2.26. The molecule has 3 amide bonds. The summed E-state index contributed by atoms with van der Waals surface area (Å²) < 4.78 is 0. The van der Waals surface area contributed by atoms with Gasteiger partial charge in [0.2, 0.25) is 5.91 Å². The molecule has 0 unspecified atom stereocenters. The fraction of sp³-hybridized carbons (Fsp3) is 0.400. The maximum atomic E-state index is 13.2. The molecule has 0 fully saturated rings. The summed E-state index contributed by atoms with van der Waals surface area (Å²) in [6.07, 6.45) is -0.734. The summed E-state index contributed by atoms with van der Waals surface area (Å²) in [4.78, 5) is 47.0. The number of carbonyl (C=O) groups is 3. The number of nitrogens with one attached hydrogen (secondary N) is 3. The van der Waals surface area contributed by atoms with E-state index < -0.39 is 30.0 Å². The standard InChI is InChI=1S/C25H31N5O5S2/c1-14(2)19(25-28-17(12-37-25)21(33)26-10-7-11-31)29-23(35)20(15(3)32)30-22(34)18-13-36-24(27-18)16-8-5-4-6-9-16/h4-6,8-9,12-15,19-20,31-32H,7,10-11H2,1-3H3,(H,26,33)(H,29,35)(H,30,34)/t15-,19+,20+/m1/s1. The van der Waals surface area contributed by atoms with Crippen LogP contribution in [0, 0.1) is 5.92 Å². The van der Waals surface area contributed by atoms with Crippen LogP contribution < -0.4 is 16.0 Å². The summed E-state index contributed by atoms with van der Waals surface area (Å²) in [6, 6.07) is 7.66. The second-order valence-corrected chi connectivity index (χ2v) is 10.5. The third kappa shape index (κ3) is 7.65. The molecule has 3 rings (SSSR count). The molecule has 2 aromatic heterocycles. The summed E-state index contributed by atoms with van der Waals surface area (Å²) >= 11 is 2.54. The lowest BCUT2D eigenvalue weighted by Crippen LogP contribution is -2.53. The SMILES string of the molecule is CC(C)[C@H](NC(=O)[C@@H](NC(=O)c1csc(-c2ccccc2)n1)[C@@H](C)O)c1nc(C(=O)NCCCO)cs1. The van der Waals surface area contributed by atoms with Crippen LogP contribution in [0.2, 0.25) is 0 Å². The Kier molecular flexibility index (Phi) is 10.3. The predicted octanol–water partition coefficient (Wildman–Crippen LogP) is 2.37. The highest BCUT2D eigenvalue weighted by Gasteiger charge is 2.31. The van der Waals surface area contributed by atoms with E-state index in [-0.39, 0.29) is 29.8 Å². The Balaban J connectivity index is 1.69. The van der Waals surface area contributed by atoms with Crippen molar-refractivity contribution in [1.82, 2.24) is 25.9 Å². The van der Waals surface area contributed by atoms with Crippen LogP contribution in [0.5, 0.6) is 0 Å². The van der Waals surface area contributed by atoms with Crippen LogP contribution in [0.4, 0.5) is 0 Å². The first kappa shape index (κ1) is 28.4. The van der Waals surface area contributed by atoms with Crippen molar-refractivity contribution in [3.63, 3.8) is 0 Å². The minimum Gasteiger partial charge on any atom is -0.396 e. The molecule has 12 heteroatoms. The molecule has 10 nitrogen and oxygen atoms in total. The molecule has 3 atom stereocenters. The monoisotopic (exact) mass is 545 g/mol. The van der Waals surface area contributed by atoms with Crippen molar-refractivity contribution in [1.29, 1.82) is 0 Å². The third-order valence-electron chi connectivity index (χ3n) is 5.41. The zero-order valence-corrected chi connectivity index (χ0v) is 22.4. The number of hydrogen-bond acceptors (Lipinski definition) is 9. The Morgan fingerprint density at radius 3 is 2.27 bits per heavy atom. The van der Waals surface area contributed by atoms with E-state index in [0.29, 0.717) is 23.0 Å². The van der Waals surface area contributed by atoms with Gasteiger partial charge < -0.3 is 26.2 Å². The van der Waals surface area contributed by atoms with Gasteiger partial charge in [0.1, 0.15) is 27.4 Å². The van der Waals surface area contributed by atoms with Crippen molar-refractivity contribution in [2.45, 2.75) is 45.4 Å². The van der Waals surface area contributed by atoms with Gasteiger partial charge in [-0.15, -0.1) is 22.7 Å². The second kappa shape index (κ2) is 13.4. The Bertz CT molecular complexity index is 1200. The summed E-state index contributed by atoms with van der Waals surface area (Å²) in [6.45, 7) is 5.51. The smallest absolute Gasteiger partial charge is 0.271 e. The minimum atomic E-state index is -1.23. The number of aliphatic hydroxyl groups is 2. The van der Waals surface area contributed by atoms with Crippen molar-refractivity contribution in [3.8, 4) is 10.6 Å². The number of carbonyl (C=O) groups excluding carboxylic acids is 3. The molecule has 1 aromatic carbocycles. The first-order valence-corrected chi connectivity index (χ1v) is 13.6. The molecule has 5 N–H and O–H groups in total. The average molecular weight is 546 g/mol. The maximum Gasteiger partial charge on any atom is 0.271 e. The first-order chi connectivity index (χ1) is 17.7. The van der Waals surface area contributed by atoms with Gasteiger partial charge in [-0.3, -0.25) is 14.4 Å². The van der Waals surface area contributed by atoms with Gasteiger partial charge in [-0.2, -0.15) is 0 Å². The first-order valence-electron chi connectivity index (χ1n) is 11.9. The van der Waals surface area contributed by atoms with Gasteiger partial charge in [0, 0.05) is 29.5 Å². The van der Waals surface area contributed by atoms with E-state index in [1.54, 1.807) is 10.8 Å². The van der Waals surface area contributed by atoms with E-state index >= 15 is 0 Å². The number of rotatable bonds is 12. The van der Waals surface area contributed by atoms with Gasteiger partial charge in [0.15, 0.2) is 0 Å². The molecule has 0 aliphatic carbocycles. The van der Waals surface area contributed by atoms with E-state index in [4.69, 9.17) is 5.11 Å². The number of hydrogen-bond donors (Lipinski definition) is 5.